The average Bonchev–Trinajstić information content (AvgIpc) is 2.09. The molecule has 13 heavy (non-hydrogen) atoms. The monoisotopic (exact) mass is 184 g/mol. The largest absolute Gasteiger partial charge is 0.383 e. The van der Waals surface area contributed by atoms with Gasteiger partial charge in [-0.25, -0.2) is 4.98 Å². The molecule has 1 heterocycles. The number of aromatic nitrogens is 1. The highest BCUT2D eigenvalue weighted by Gasteiger charge is 2.00. The maximum Gasteiger partial charge on any atom is 0.212 e. The lowest BCUT2D eigenvalue weighted by atomic mass is 10.3. The molecule has 0 amide bonds. The molecule has 1 N–H and O–H groups in total. The summed E-state index contributed by atoms with van der Waals surface area (Å²) >= 11 is 0. The van der Waals surface area contributed by atoms with Crippen LogP contribution in [0.5, 0.6) is 0 Å². The molecule has 0 aliphatic carbocycles. The Kier molecular flexibility index (Phi) is 3.64. The molecule has 0 radical (unpaired) electrons. The first kappa shape index (κ1) is 9.92. The van der Waals surface area contributed by atoms with Crippen molar-refractivity contribution in [2.24, 2.45) is 0 Å². The van der Waals surface area contributed by atoms with Gasteiger partial charge in [0.1, 0.15) is 0 Å². The summed E-state index contributed by atoms with van der Waals surface area (Å²) in [7, 11) is 1.64. The number of nitrogens with zero attached hydrogens (tertiary/aromatic N) is 1. The molecule has 1 atom stereocenters. The summed E-state index contributed by atoms with van der Waals surface area (Å²) in [5, 5.41) is 3.12. The fourth-order valence-electron chi connectivity index (χ4n) is 1.04. The molecule has 0 bridgehead atoms. The quantitative estimate of drug-likeness (QED) is 0.723. The zero-order valence-corrected chi connectivity index (χ0v) is 7.75. The second kappa shape index (κ2) is 4.77. The van der Waals surface area contributed by atoms with Gasteiger partial charge in [0.2, 0.25) is 5.95 Å². The number of pyridine rings is 1. The molecule has 0 fully saturated rings. The van der Waals surface area contributed by atoms with Gasteiger partial charge in [-0.2, -0.15) is 4.39 Å². The van der Waals surface area contributed by atoms with Crippen LogP contribution in [0.4, 0.5) is 10.1 Å². The summed E-state index contributed by atoms with van der Waals surface area (Å²) in [6.45, 7) is 2.59. The molecule has 1 unspecified atom stereocenters. The Balaban J connectivity index is 2.49. The summed E-state index contributed by atoms with van der Waals surface area (Å²) in [5.74, 6) is -0.468. The van der Waals surface area contributed by atoms with Gasteiger partial charge >= 0.3 is 0 Å². The Morgan fingerprint density at radius 1 is 1.62 bits per heavy atom. The van der Waals surface area contributed by atoms with Crippen LogP contribution in [0, 0.1) is 5.95 Å². The molecule has 1 aromatic rings. The van der Waals surface area contributed by atoms with Gasteiger partial charge in [-0.1, -0.05) is 0 Å². The number of hydrogen-bond acceptors (Lipinski definition) is 3. The molecule has 0 spiro atoms. The third kappa shape index (κ3) is 3.38. The van der Waals surface area contributed by atoms with Gasteiger partial charge in [0.05, 0.1) is 18.5 Å². The van der Waals surface area contributed by atoms with Crippen LogP contribution in [0.15, 0.2) is 18.3 Å². The van der Waals surface area contributed by atoms with Crippen molar-refractivity contribution in [2.45, 2.75) is 13.0 Å². The Morgan fingerprint density at radius 3 is 2.92 bits per heavy atom. The lowest BCUT2D eigenvalue weighted by Gasteiger charge is -2.13. The van der Waals surface area contributed by atoms with E-state index in [0.717, 1.165) is 5.69 Å². The number of halogens is 1. The van der Waals surface area contributed by atoms with Crippen molar-refractivity contribution in [3.63, 3.8) is 0 Å². The van der Waals surface area contributed by atoms with E-state index in [-0.39, 0.29) is 6.04 Å². The van der Waals surface area contributed by atoms with Gasteiger partial charge in [-0.05, 0) is 19.1 Å². The van der Waals surface area contributed by atoms with Crippen LogP contribution in [0.3, 0.4) is 0 Å². The van der Waals surface area contributed by atoms with E-state index in [1.165, 1.54) is 12.3 Å². The van der Waals surface area contributed by atoms with Crippen LogP contribution in [-0.2, 0) is 4.74 Å². The van der Waals surface area contributed by atoms with E-state index in [1.54, 1.807) is 13.2 Å². The second-order valence-corrected chi connectivity index (χ2v) is 2.87. The van der Waals surface area contributed by atoms with E-state index in [2.05, 4.69) is 10.3 Å². The van der Waals surface area contributed by atoms with Crippen molar-refractivity contribution in [2.75, 3.05) is 19.0 Å². The number of hydrogen-bond donors (Lipinski definition) is 1. The molecule has 0 saturated heterocycles. The van der Waals surface area contributed by atoms with E-state index in [1.807, 2.05) is 6.92 Å². The second-order valence-electron chi connectivity index (χ2n) is 2.87. The van der Waals surface area contributed by atoms with Gasteiger partial charge in [0.15, 0.2) is 0 Å². The lowest BCUT2D eigenvalue weighted by molar-refractivity contribution is 0.190. The highest BCUT2D eigenvalue weighted by atomic mass is 19.1. The number of methoxy groups -OCH3 is 1. The fraction of sp³-hybridized carbons (Fsp3) is 0.444. The molecule has 0 aliphatic heterocycles. The maximum absolute atomic E-state index is 12.4. The van der Waals surface area contributed by atoms with Crippen LogP contribution >= 0.6 is 0 Å². The highest BCUT2D eigenvalue weighted by Crippen LogP contribution is 2.06. The average molecular weight is 184 g/mol. The number of nitrogens with one attached hydrogen (secondary N) is 1. The fourth-order valence-corrected chi connectivity index (χ4v) is 1.04. The number of ether oxygens (including phenoxy) is 1. The summed E-state index contributed by atoms with van der Waals surface area (Å²) in [5.41, 5.74) is 0.797. The first-order valence-corrected chi connectivity index (χ1v) is 4.09. The third-order valence-corrected chi connectivity index (χ3v) is 1.56. The minimum atomic E-state index is -0.468. The van der Waals surface area contributed by atoms with Crippen molar-refractivity contribution in [1.82, 2.24) is 4.98 Å². The van der Waals surface area contributed by atoms with Crippen LogP contribution in [-0.4, -0.2) is 24.7 Å². The Bertz CT molecular complexity index is 250. The maximum atomic E-state index is 12.4. The van der Waals surface area contributed by atoms with E-state index >= 15 is 0 Å². The van der Waals surface area contributed by atoms with E-state index < -0.39 is 5.95 Å². The minimum absolute atomic E-state index is 0.192. The zero-order valence-electron chi connectivity index (χ0n) is 7.75. The predicted molar refractivity (Wildman–Crippen MR) is 49.2 cm³/mol. The van der Waals surface area contributed by atoms with Crippen molar-refractivity contribution >= 4 is 5.69 Å². The SMILES string of the molecule is COCC(C)Nc1ccc(F)nc1. The summed E-state index contributed by atoms with van der Waals surface area (Å²) < 4.78 is 17.4. The van der Waals surface area contributed by atoms with Crippen LogP contribution < -0.4 is 5.32 Å². The van der Waals surface area contributed by atoms with Gasteiger partial charge in [-0.3, -0.25) is 0 Å². The molecule has 0 aromatic carbocycles. The summed E-state index contributed by atoms with van der Waals surface area (Å²) in [6.07, 6.45) is 1.46. The molecule has 3 nitrogen and oxygen atoms in total. The molecule has 72 valence electrons. The van der Waals surface area contributed by atoms with Crippen LogP contribution in [0.1, 0.15) is 6.92 Å². The van der Waals surface area contributed by atoms with Crippen molar-refractivity contribution in [3.05, 3.63) is 24.3 Å². The number of rotatable bonds is 4. The minimum Gasteiger partial charge on any atom is -0.383 e. The molecule has 1 rings (SSSR count). The van der Waals surface area contributed by atoms with Crippen molar-refractivity contribution in [1.29, 1.82) is 0 Å². The van der Waals surface area contributed by atoms with Crippen LogP contribution in [0.25, 0.3) is 0 Å². The summed E-state index contributed by atoms with van der Waals surface area (Å²) in [4.78, 5) is 3.52. The predicted octanol–water partition coefficient (Wildman–Crippen LogP) is 1.67. The van der Waals surface area contributed by atoms with Gasteiger partial charge in [0, 0.05) is 13.2 Å². The highest BCUT2D eigenvalue weighted by molar-refractivity contribution is 5.40. The molecular weight excluding hydrogens is 171 g/mol. The van der Waals surface area contributed by atoms with Gasteiger partial charge in [-0.15, -0.1) is 0 Å². The van der Waals surface area contributed by atoms with Crippen LogP contribution in [0.2, 0.25) is 0 Å². The standard InChI is InChI=1S/C9H13FN2O/c1-7(6-13-2)12-8-3-4-9(10)11-5-8/h3-5,7,12H,6H2,1-2H3. The normalized spacial score (nSPS) is 12.5. The smallest absolute Gasteiger partial charge is 0.212 e. The van der Waals surface area contributed by atoms with E-state index in [9.17, 15) is 4.39 Å². The molecular formula is C9H13FN2O. The first-order valence-electron chi connectivity index (χ1n) is 4.09. The Labute approximate surface area is 76.9 Å². The molecule has 4 heteroatoms. The Morgan fingerprint density at radius 2 is 2.38 bits per heavy atom. The lowest BCUT2D eigenvalue weighted by Crippen LogP contribution is -2.20. The number of anilines is 1. The van der Waals surface area contributed by atoms with E-state index in [4.69, 9.17) is 4.74 Å². The Hall–Kier alpha value is -1.16. The van der Waals surface area contributed by atoms with Crippen molar-refractivity contribution < 1.29 is 9.13 Å². The third-order valence-electron chi connectivity index (χ3n) is 1.56. The topological polar surface area (TPSA) is 34.1 Å². The molecule has 0 saturated carbocycles. The molecule has 1 aromatic heterocycles. The van der Waals surface area contributed by atoms with Gasteiger partial charge in [0.25, 0.3) is 0 Å². The molecule has 0 aliphatic rings. The van der Waals surface area contributed by atoms with Crippen molar-refractivity contribution in [3.8, 4) is 0 Å². The van der Waals surface area contributed by atoms with E-state index in [0.29, 0.717) is 6.61 Å². The zero-order chi connectivity index (χ0) is 9.68. The first-order chi connectivity index (χ1) is 6.22. The summed E-state index contributed by atoms with van der Waals surface area (Å²) in [6, 6.07) is 3.16. The van der Waals surface area contributed by atoms with Gasteiger partial charge < -0.3 is 10.1 Å².